The second-order valence-corrected chi connectivity index (χ2v) is 22.4. The van der Waals surface area contributed by atoms with Gasteiger partial charge in [-0.05, 0) is 103 Å². The Bertz CT molecular complexity index is 1900. The van der Waals surface area contributed by atoms with Gasteiger partial charge in [0.15, 0.2) is 30.8 Å². The van der Waals surface area contributed by atoms with Crippen molar-refractivity contribution in [2.24, 2.45) is 44.8 Å². The van der Waals surface area contributed by atoms with Crippen molar-refractivity contribution in [1.29, 1.82) is 0 Å². The van der Waals surface area contributed by atoms with E-state index in [-0.39, 0.29) is 52.8 Å². The Kier molecular flexibility index (Phi) is 14.2. The van der Waals surface area contributed by atoms with Crippen LogP contribution in [0.2, 0.25) is 0 Å². The highest BCUT2D eigenvalue weighted by Crippen LogP contribution is 2.75. The lowest BCUT2D eigenvalue weighted by atomic mass is 9.33. The van der Waals surface area contributed by atoms with Gasteiger partial charge in [0.1, 0.15) is 73.4 Å². The highest BCUT2D eigenvalue weighted by atomic mass is 16.8. The van der Waals surface area contributed by atoms with E-state index in [0.717, 1.165) is 31.1 Å². The normalized spacial score (nSPS) is 53.5. The lowest BCUT2D eigenvalue weighted by Gasteiger charge is -2.71. The Morgan fingerprint density at radius 3 is 1.81 bits per heavy atom. The van der Waals surface area contributed by atoms with Gasteiger partial charge in [-0.15, -0.1) is 0 Å². The van der Waals surface area contributed by atoms with Gasteiger partial charge in [0.2, 0.25) is 0 Å². The monoisotopic (exact) mass is 956 g/mol. The number of rotatable bonds is 11. The van der Waals surface area contributed by atoms with Crippen LogP contribution in [0.15, 0.2) is 11.1 Å². The van der Waals surface area contributed by atoms with E-state index in [4.69, 9.17) is 28.4 Å². The Hall–Kier alpha value is -2.09. The molecule has 3 heterocycles. The highest BCUT2D eigenvalue weighted by molar-refractivity contribution is 5.98. The van der Waals surface area contributed by atoms with Gasteiger partial charge in [0.05, 0.1) is 24.7 Å². The maximum atomic E-state index is 14.1. The van der Waals surface area contributed by atoms with Crippen molar-refractivity contribution in [2.75, 3.05) is 19.8 Å². The minimum atomic E-state index is -2.14. The molecule has 6 fully saturated rings. The molecule has 11 N–H and O–H groups in total. The number of carbonyl (C=O) groups is 3. The molecule has 0 aromatic rings. The van der Waals surface area contributed by atoms with Crippen LogP contribution in [0.5, 0.6) is 0 Å². The average molecular weight is 957 g/mol. The zero-order valence-electron chi connectivity index (χ0n) is 38.8. The van der Waals surface area contributed by atoms with E-state index in [1.807, 2.05) is 0 Å². The summed E-state index contributed by atoms with van der Waals surface area (Å²) >= 11 is 0. The lowest BCUT2D eigenvalue weighted by Crippen LogP contribution is -2.69. The Morgan fingerprint density at radius 1 is 0.657 bits per heavy atom. The SMILES string of the molecule is CC1(CO)CCC2=C(C1)C1CCC3C4(C)CCC(OC5OC(C(=O)O)C(OC6OC(CO)C(O)C(O)C6O)C(O)C5OC5OC(CO)C(O)C(O)C5O)C(C)(C=O)C4CCC3(C)C1(C)CC2=O. The molecule has 24 atom stereocenters. The molecule has 8 rings (SSSR count). The van der Waals surface area contributed by atoms with Crippen LogP contribution in [-0.2, 0) is 42.8 Å². The molecular weight excluding hydrogens is 884 g/mol. The molecule has 0 bridgehead atoms. The summed E-state index contributed by atoms with van der Waals surface area (Å²) < 4.78 is 35.6. The molecule has 380 valence electrons. The zero-order valence-corrected chi connectivity index (χ0v) is 38.8. The summed E-state index contributed by atoms with van der Waals surface area (Å²) in [5.74, 6) is -1.53. The van der Waals surface area contributed by atoms with E-state index in [1.165, 1.54) is 5.57 Å². The number of ketones is 1. The van der Waals surface area contributed by atoms with Gasteiger partial charge in [0, 0.05) is 13.0 Å². The van der Waals surface area contributed by atoms with Crippen LogP contribution in [0.25, 0.3) is 0 Å². The topological polar surface area (TPSA) is 329 Å². The molecule has 24 unspecified atom stereocenters. The first-order valence-electron chi connectivity index (χ1n) is 23.9. The van der Waals surface area contributed by atoms with Crippen molar-refractivity contribution in [3.8, 4) is 0 Å². The number of aldehydes is 1. The summed E-state index contributed by atoms with van der Waals surface area (Å²) in [5, 5.41) is 116. The molecule has 3 aliphatic heterocycles. The third-order valence-electron chi connectivity index (χ3n) is 18.8. The first-order chi connectivity index (χ1) is 31.5. The van der Waals surface area contributed by atoms with Gasteiger partial charge < -0.3 is 89.4 Å². The van der Waals surface area contributed by atoms with E-state index >= 15 is 0 Å². The Labute approximate surface area is 389 Å². The molecule has 0 aromatic heterocycles. The minimum absolute atomic E-state index is 0.0491. The summed E-state index contributed by atoms with van der Waals surface area (Å²) in [6.07, 6.45) is -22.1. The zero-order chi connectivity index (χ0) is 48.9. The third-order valence-corrected chi connectivity index (χ3v) is 18.8. The van der Waals surface area contributed by atoms with Crippen molar-refractivity contribution in [1.82, 2.24) is 0 Å². The van der Waals surface area contributed by atoms with E-state index in [2.05, 4.69) is 27.7 Å². The molecule has 67 heavy (non-hydrogen) atoms. The molecular formula is C47H72O20. The van der Waals surface area contributed by atoms with Crippen LogP contribution in [0, 0.1) is 44.8 Å². The van der Waals surface area contributed by atoms with E-state index in [1.54, 1.807) is 6.92 Å². The van der Waals surface area contributed by atoms with Crippen LogP contribution < -0.4 is 0 Å². The van der Waals surface area contributed by atoms with E-state index in [0.29, 0.717) is 38.5 Å². The number of allylic oxidation sites excluding steroid dienone is 2. The van der Waals surface area contributed by atoms with Gasteiger partial charge >= 0.3 is 5.97 Å². The largest absolute Gasteiger partial charge is 0.479 e. The standard InChI is InChI=1S/C47H72O20/c1-43(18-50)11-8-20-21(14-43)22-6-7-27-44(2)12-10-28(45(3,19-51)26(44)9-13-46(27,4)47(22,5)15-23(20)52)64-42-37(66-41-34(58)32(56)30(54)25(17-49)63-41)35(59)36(38(67-42)39(60)61)65-40-33(57)31(55)29(53)24(16-48)62-40/h19,22,24-38,40-42,48-50,53-59H,6-18H2,1-5H3,(H,60,61). The molecule has 3 saturated carbocycles. The number of hydrogen-bond acceptors (Lipinski definition) is 19. The van der Waals surface area contributed by atoms with Crippen LogP contribution in [0.3, 0.4) is 0 Å². The number of carboxylic acids is 1. The van der Waals surface area contributed by atoms with Crippen molar-refractivity contribution >= 4 is 18.0 Å². The quantitative estimate of drug-likeness (QED) is 0.0858. The Morgan fingerprint density at radius 2 is 1.25 bits per heavy atom. The third kappa shape index (κ3) is 8.10. The van der Waals surface area contributed by atoms with Crippen LogP contribution >= 0.6 is 0 Å². The molecule has 0 aromatic carbocycles. The molecule has 8 aliphatic rings. The van der Waals surface area contributed by atoms with Gasteiger partial charge in [-0.2, -0.15) is 0 Å². The van der Waals surface area contributed by atoms with Crippen molar-refractivity contribution in [2.45, 2.75) is 197 Å². The number of ether oxygens (including phenoxy) is 6. The highest BCUT2D eigenvalue weighted by Gasteiger charge is 2.70. The van der Waals surface area contributed by atoms with Gasteiger partial charge in [-0.1, -0.05) is 40.2 Å². The average Bonchev–Trinajstić information content (AvgIpc) is 3.29. The number of fused-ring (bicyclic) bond motifs is 6. The molecule has 0 radical (unpaired) electrons. The summed E-state index contributed by atoms with van der Waals surface area (Å²) in [6, 6.07) is 0. The number of carboxylic acid groups (broad SMARTS) is 1. The Balaban J connectivity index is 1.09. The van der Waals surface area contributed by atoms with E-state index in [9.17, 15) is 70.6 Å². The maximum Gasteiger partial charge on any atom is 0.335 e. The molecule has 0 amide bonds. The molecule has 5 aliphatic carbocycles. The fraction of sp³-hybridized carbons (Fsp3) is 0.894. The smallest absolute Gasteiger partial charge is 0.335 e. The van der Waals surface area contributed by atoms with Crippen molar-refractivity contribution < 1.29 is 99.0 Å². The first-order valence-corrected chi connectivity index (χ1v) is 23.9. The second kappa shape index (κ2) is 18.5. The predicted molar refractivity (Wildman–Crippen MR) is 227 cm³/mol. The van der Waals surface area contributed by atoms with Gasteiger partial charge in [-0.3, -0.25) is 4.79 Å². The number of carbonyl (C=O) groups excluding carboxylic acids is 2. The lowest BCUT2D eigenvalue weighted by molar-refractivity contribution is -0.390. The molecule has 20 nitrogen and oxygen atoms in total. The van der Waals surface area contributed by atoms with Crippen molar-refractivity contribution in [3.05, 3.63) is 11.1 Å². The van der Waals surface area contributed by atoms with Crippen LogP contribution in [-0.4, -0.2) is 192 Å². The number of hydrogen-bond donors (Lipinski definition) is 11. The summed E-state index contributed by atoms with van der Waals surface area (Å²) in [7, 11) is 0. The number of Topliss-reactive ketones (excluding diaryl/α,β-unsaturated/α-hetero) is 1. The van der Waals surface area contributed by atoms with E-state index < -0.39 is 128 Å². The van der Waals surface area contributed by atoms with Crippen LogP contribution in [0.4, 0.5) is 0 Å². The number of aliphatic carboxylic acids is 1. The van der Waals surface area contributed by atoms with Crippen LogP contribution in [0.1, 0.15) is 98.8 Å². The number of aliphatic hydroxyl groups is 10. The minimum Gasteiger partial charge on any atom is -0.479 e. The number of aliphatic hydroxyl groups excluding tert-OH is 10. The fourth-order valence-electron chi connectivity index (χ4n) is 14.6. The summed E-state index contributed by atoms with van der Waals surface area (Å²) in [5.41, 5.74) is -0.497. The summed E-state index contributed by atoms with van der Waals surface area (Å²) in [4.78, 5) is 40.8. The molecule has 3 saturated heterocycles. The first kappa shape index (κ1) is 51.3. The van der Waals surface area contributed by atoms with Gasteiger partial charge in [-0.25, -0.2) is 4.79 Å². The molecule has 20 heteroatoms. The predicted octanol–water partition coefficient (Wildman–Crippen LogP) is -1.18. The van der Waals surface area contributed by atoms with Crippen molar-refractivity contribution in [3.63, 3.8) is 0 Å². The summed E-state index contributed by atoms with van der Waals surface area (Å²) in [6.45, 7) is 9.03. The fourth-order valence-corrected chi connectivity index (χ4v) is 14.6. The van der Waals surface area contributed by atoms with Gasteiger partial charge in [0.25, 0.3) is 0 Å². The maximum absolute atomic E-state index is 14.1. The second-order valence-electron chi connectivity index (χ2n) is 22.4. The molecule has 0 spiro atoms.